The Bertz CT molecular complexity index is 678. The van der Waals surface area contributed by atoms with Crippen molar-refractivity contribution in [2.75, 3.05) is 10.5 Å². The van der Waals surface area contributed by atoms with Crippen molar-refractivity contribution in [2.24, 2.45) is 7.05 Å². The number of aryl methyl sites for hydroxylation is 1. The van der Waals surface area contributed by atoms with Gasteiger partial charge >= 0.3 is 0 Å². The van der Waals surface area contributed by atoms with Crippen molar-refractivity contribution in [1.29, 1.82) is 0 Å². The number of nitrogens with one attached hydrogen (secondary N) is 1. The molecule has 0 bridgehead atoms. The molecule has 2 rings (SSSR count). The van der Waals surface area contributed by atoms with Crippen molar-refractivity contribution in [3.8, 4) is 5.75 Å². The van der Waals surface area contributed by atoms with Crippen molar-refractivity contribution in [3.63, 3.8) is 0 Å². The van der Waals surface area contributed by atoms with Gasteiger partial charge in [-0.2, -0.15) is 5.10 Å². The molecule has 1 heterocycles. The van der Waals surface area contributed by atoms with E-state index in [9.17, 15) is 13.5 Å². The van der Waals surface area contributed by atoms with E-state index >= 15 is 0 Å². The predicted octanol–water partition coefficient (Wildman–Crippen LogP) is 0.509. The maximum atomic E-state index is 12.0. The van der Waals surface area contributed by atoms with Gasteiger partial charge in [0.15, 0.2) is 0 Å². The van der Waals surface area contributed by atoms with Gasteiger partial charge in [-0.3, -0.25) is 9.40 Å². The van der Waals surface area contributed by atoms with E-state index in [1.165, 1.54) is 35.3 Å². The average molecular weight is 268 g/mol. The van der Waals surface area contributed by atoms with E-state index in [-0.39, 0.29) is 16.3 Å². The molecule has 18 heavy (non-hydrogen) atoms. The number of aromatic nitrogens is 2. The zero-order valence-corrected chi connectivity index (χ0v) is 10.3. The highest BCUT2D eigenvalue weighted by Gasteiger charge is 2.16. The van der Waals surface area contributed by atoms with Gasteiger partial charge in [0.25, 0.3) is 10.0 Å². The summed E-state index contributed by atoms with van der Waals surface area (Å²) in [5.41, 5.74) is 5.81. The number of phenolic OH excluding ortho intramolecular Hbond substituents is 1. The van der Waals surface area contributed by atoms with Crippen LogP contribution >= 0.6 is 0 Å². The lowest BCUT2D eigenvalue weighted by molar-refractivity contribution is 0.477. The fourth-order valence-electron chi connectivity index (χ4n) is 1.39. The van der Waals surface area contributed by atoms with Crippen LogP contribution in [0.3, 0.4) is 0 Å². The van der Waals surface area contributed by atoms with Gasteiger partial charge in [-0.05, 0) is 18.2 Å². The minimum atomic E-state index is -3.73. The van der Waals surface area contributed by atoms with Gasteiger partial charge in [0.2, 0.25) is 0 Å². The van der Waals surface area contributed by atoms with Crippen LogP contribution in [0.1, 0.15) is 0 Å². The highest BCUT2D eigenvalue weighted by atomic mass is 32.2. The van der Waals surface area contributed by atoms with Gasteiger partial charge in [0.1, 0.15) is 5.75 Å². The lowest BCUT2D eigenvalue weighted by Gasteiger charge is -2.07. The number of benzene rings is 1. The molecule has 0 fully saturated rings. The number of rotatable bonds is 3. The Morgan fingerprint density at radius 2 is 2.17 bits per heavy atom. The number of hydrogen-bond acceptors (Lipinski definition) is 5. The number of nitrogen functional groups attached to an aromatic ring is 1. The first kappa shape index (κ1) is 12.2. The molecule has 1 aromatic heterocycles. The second-order valence-electron chi connectivity index (χ2n) is 3.73. The Kier molecular flexibility index (Phi) is 2.87. The summed E-state index contributed by atoms with van der Waals surface area (Å²) in [6.45, 7) is 0. The molecular weight excluding hydrogens is 256 g/mol. The summed E-state index contributed by atoms with van der Waals surface area (Å²) in [6.07, 6.45) is 2.92. The molecule has 4 N–H and O–H groups in total. The van der Waals surface area contributed by atoms with E-state index in [0.29, 0.717) is 5.69 Å². The first-order chi connectivity index (χ1) is 8.38. The fraction of sp³-hybridized carbons (Fsp3) is 0.100. The van der Waals surface area contributed by atoms with Crippen LogP contribution in [0.2, 0.25) is 0 Å². The molecule has 0 unspecified atom stereocenters. The topological polar surface area (TPSA) is 110 Å². The molecule has 0 saturated heterocycles. The predicted molar refractivity (Wildman–Crippen MR) is 66.5 cm³/mol. The number of phenols is 1. The van der Waals surface area contributed by atoms with Crippen molar-refractivity contribution in [1.82, 2.24) is 9.78 Å². The summed E-state index contributed by atoms with van der Waals surface area (Å²) in [5.74, 6) is -0.157. The van der Waals surface area contributed by atoms with Gasteiger partial charge < -0.3 is 10.8 Å². The number of anilines is 2. The quantitative estimate of drug-likeness (QED) is 0.555. The van der Waals surface area contributed by atoms with Crippen LogP contribution in [0.25, 0.3) is 0 Å². The zero-order chi connectivity index (χ0) is 13.3. The molecule has 7 nitrogen and oxygen atoms in total. The number of aromatic hydroxyl groups is 1. The third-order valence-corrected chi connectivity index (χ3v) is 3.65. The van der Waals surface area contributed by atoms with Crippen LogP contribution in [-0.4, -0.2) is 23.3 Å². The normalized spacial score (nSPS) is 11.4. The molecule has 0 spiro atoms. The summed E-state index contributed by atoms with van der Waals surface area (Å²) in [4.78, 5) is -0.0262. The van der Waals surface area contributed by atoms with Crippen LogP contribution in [0.5, 0.6) is 5.75 Å². The van der Waals surface area contributed by atoms with Crippen molar-refractivity contribution in [2.45, 2.75) is 4.90 Å². The molecule has 8 heteroatoms. The maximum Gasteiger partial charge on any atom is 0.262 e. The first-order valence-electron chi connectivity index (χ1n) is 4.98. The van der Waals surface area contributed by atoms with E-state index in [4.69, 9.17) is 5.73 Å². The SMILES string of the molecule is Cn1cc(NS(=O)(=O)c2ccc(O)c(N)c2)cn1. The van der Waals surface area contributed by atoms with Gasteiger partial charge in [0, 0.05) is 13.2 Å². The highest BCUT2D eigenvalue weighted by molar-refractivity contribution is 7.92. The third-order valence-electron chi connectivity index (χ3n) is 2.27. The molecule has 0 amide bonds. The van der Waals surface area contributed by atoms with E-state index in [0.717, 1.165) is 0 Å². The molecule has 0 aliphatic heterocycles. The highest BCUT2D eigenvalue weighted by Crippen LogP contribution is 2.24. The fourth-order valence-corrected chi connectivity index (χ4v) is 2.45. The number of nitrogens with zero attached hydrogens (tertiary/aromatic N) is 2. The summed E-state index contributed by atoms with van der Waals surface area (Å²) < 4.78 is 27.8. The van der Waals surface area contributed by atoms with Gasteiger partial charge in [-0.25, -0.2) is 8.42 Å². The van der Waals surface area contributed by atoms with Crippen molar-refractivity contribution >= 4 is 21.4 Å². The smallest absolute Gasteiger partial charge is 0.262 e. The van der Waals surface area contributed by atoms with Gasteiger partial charge in [-0.15, -0.1) is 0 Å². The van der Waals surface area contributed by atoms with Crippen molar-refractivity contribution < 1.29 is 13.5 Å². The Hall–Kier alpha value is -2.22. The zero-order valence-electron chi connectivity index (χ0n) is 9.53. The molecule has 96 valence electrons. The van der Waals surface area contributed by atoms with Crippen LogP contribution in [-0.2, 0) is 17.1 Å². The molecule has 0 radical (unpaired) electrons. The minimum Gasteiger partial charge on any atom is -0.506 e. The maximum absolute atomic E-state index is 12.0. The Morgan fingerprint density at radius 3 is 2.72 bits per heavy atom. The Balaban J connectivity index is 2.33. The Morgan fingerprint density at radius 1 is 1.44 bits per heavy atom. The van der Waals surface area contributed by atoms with Crippen LogP contribution in [0.4, 0.5) is 11.4 Å². The van der Waals surface area contributed by atoms with Crippen LogP contribution < -0.4 is 10.5 Å². The largest absolute Gasteiger partial charge is 0.506 e. The molecule has 0 aliphatic carbocycles. The van der Waals surface area contributed by atoms with Crippen molar-refractivity contribution in [3.05, 3.63) is 30.6 Å². The third kappa shape index (κ3) is 2.38. The number of hydrogen-bond donors (Lipinski definition) is 3. The first-order valence-corrected chi connectivity index (χ1v) is 6.47. The second kappa shape index (κ2) is 4.22. The summed E-state index contributed by atoms with van der Waals surface area (Å²) in [5, 5.41) is 13.1. The minimum absolute atomic E-state index is 0.00376. The summed E-state index contributed by atoms with van der Waals surface area (Å²) in [6, 6.07) is 3.69. The van der Waals surface area contributed by atoms with E-state index in [1.54, 1.807) is 7.05 Å². The number of sulfonamides is 1. The average Bonchev–Trinajstić information content (AvgIpc) is 2.67. The van der Waals surface area contributed by atoms with E-state index < -0.39 is 10.0 Å². The Labute approximate surface area is 104 Å². The molecule has 2 aromatic rings. The molecule has 0 saturated carbocycles. The standard InChI is InChI=1S/C10H12N4O3S/c1-14-6-7(5-12-14)13-18(16,17)8-2-3-10(15)9(11)4-8/h2-6,13,15H,11H2,1H3. The monoisotopic (exact) mass is 268 g/mol. The van der Waals surface area contributed by atoms with Gasteiger partial charge in [0.05, 0.1) is 22.5 Å². The lowest BCUT2D eigenvalue weighted by atomic mass is 10.3. The summed E-state index contributed by atoms with van der Waals surface area (Å²) >= 11 is 0. The van der Waals surface area contributed by atoms with E-state index in [2.05, 4.69) is 9.82 Å². The molecule has 1 aromatic carbocycles. The van der Waals surface area contributed by atoms with Gasteiger partial charge in [-0.1, -0.05) is 0 Å². The summed E-state index contributed by atoms with van der Waals surface area (Å²) in [7, 11) is -2.06. The second-order valence-corrected chi connectivity index (χ2v) is 5.41. The number of nitrogens with two attached hydrogens (primary N) is 1. The van der Waals surface area contributed by atoms with Crippen LogP contribution in [0.15, 0.2) is 35.5 Å². The molecular formula is C10H12N4O3S. The molecule has 0 aliphatic rings. The molecule has 0 atom stereocenters. The van der Waals surface area contributed by atoms with E-state index in [1.807, 2.05) is 0 Å². The lowest BCUT2D eigenvalue weighted by Crippen LogP contribution is -2.12. The van der Waals surface area contributed by atoms with Crippen LogP contribution in [0, 0.1) is 0 Å².